The van der Waals surface area contributed by atoms with Gasteiger partial charge in [0.15, 0.2) is 0 Å². The molecule has 1 saturated carbocycles. The molecule has 27 heavy (non-hydrogen) atoms. The van der Waals surface area contributed by atoms with Crippen LogP contribution in [-0.4, -0.2) is 30.1 Å². The van der Waals surface area contributed by atoms with Gasteiger partial charge in [-0.1, -0.05) is 0 Å². The molecule has 0 saturated heterocycles. The van der Waals surface area contributed by atoms with E-state index in [9.17, 15) is 17.4 Å². The lowest BCUT2D eigenvalue weighted by molar-refractivity contribution is 0.139. The lowest BCUT2D eigenvalue weighted by Gasteiger charge is -2.38. The Bertz CT molecular complexity index is 914. The van der Waals surface area contributed by atoms with E-state index >= 15 is 0 Å². The predicted molar refractivity (Wildman–Crippen MR) is 102 cm³/mol. The highest BCUT2D eigenvalue weighted by Crippen LogP contribution is 2.46. The Balaban J connectivity index is 1.92. The lowest BCUT2D eigenvalue weighted by atomic mass is 9.81. The molecule has 0 aromatic heterocycles. The summed E-state index contributed by atoms with van der Waals surface area (Å²) in [5, 5.41) is 0. The molecule has 7 heteroatoms. The van der Waals surface area contributed by atoms with E-state index < -0.39 is 15.8 Å². The molecule has 0 radical (unpaired) electrons. The van der Waals surface area contributed by atoms with Crippen molar-refractivity contribution in [2.75, 3.05) is 6.54 Å². The molecule has 1 aliphatic heterocycles. The summed E-state index contributed by atoms with van der Waals surface area (Å²) in [6.07, 6.45) is 6.49. The molecule has 5 nitrogen and oxygen atoms in total. The molecule has 1 atom stereocenters. The average molecular weight is 395 g/mol. The Morgan fingerprint density at radius 3 is 2.59 bits per heavy atom. The van der Waals surface area contributed by atoms with Crippen molar-refractivity contribution in [1.29, 1.82) is 0 Å². The van der Waals surface area contributed by atoms with Crippen molar-refractivity contribution in [2.45, 2.75) is 69.1 Å². The Hall–Kier alpha value is -1.44. The SMILES string of the molecule is CC(C)(F)CN1Cc2c(c(S(=O)(=O)O)cc3c2CCCC3N)C=C1C1CC1. The second kappa shape index (κ2) is 6.29. The summed E-state index contributed by atoms with van der Waals surface area (Å²) in [4.78, 5) is 1.99. The minimum absolute atomic E-state index is 0.0640. The van der Waals surface area contributed by atoms with Gasteiger partial charge in [0.25, 0.3) is 10.1 Å². The minimum atomic E-state index is -4.38. The summed E-state index contributed by atoms with van der Waals surface area (Å²) in [5.41, 5.74) is 9.20. The maximum absolute atomic E-state index is 14.5. The van der Waals surface area contributed by atoms with Crippen molar-refractivity contribution in [3.8, 4) is 0 Å². The third-order valence-electron chi connectivity index (χ3n) is 5.78. The van der Waals surface area contributed by atoms with Gasteiger partial charge < -0.3 is 10.6 Å². The van der Waals surface area contributed by atoms with Gasteiger partial charge in [-0.2, -0.15) is 8.42 Å². The Labute approximate surface area is 160 Å². The third kappa shape index (κ3) is 3.65. The van der Waals surface area contributed by atoms with E-state index in [1.54, 1.807) is 19.9 Å². The summed E-state index contributed by atoms with van der Waals surface area (Å²) < 4.78 is 48.5. The normalized spacial score (nSPS) is 22.9. The molecule has 148 valence electrons. The standard InChI is InChI=1S/C20H27FN2O3S/c1-20(2,21)11-23-10-16-13-4-3-5-17(22)14(13)9-19(27(24,25)26)15(16)8-18(23)12-6-7-12/h8-9,12,17H,3-7,10-11,22H2,1-2H3,(H,24,25,26). The molecule has 2 aliphatic carbocycles. The number of rotatable bonds is 4. The van der Waals surface area contributed by atoms with Gasteiger partial charge in [-0.3, -0.25) is 4.55 Å². The highest BCUT2D eigenvalue weighted by Gasteiger charge is 2.37. The van der Waals surface area contributed by atoms with Crippen LogP contribution in [0.15, 0.2) is 16.7 Å². The van der Waals surface area contributed by atoms with Gasteiger partial charge in [0, 0.05) is 23.8 Å². The van der Waals surface area contributed by atoms with Crippen LogP contribution in [0.2, 0.25) is 0 Å². The van der Waals surface area contributed by atoms with Crippen LogP contribution in [0.1, 0.15) is 67.8 Å². The van der Waals surface area contributed by atoms with E-state index in [0.717, 1.165) is 54.5 Å². The second-order valence-electron chi connectivity index (χ2n) is 8.73. The van der Waals surface area contributed by atoms with Crippen molar-refractivity contribution in [3.05, 3.63) is 34.0 Å². The second-order valence-corrected chi connectivity index (χ2v) is 10.1. The Kier molecular flexibility index (Phi) is 4.40. The molecule has 1 aromatic rings. The lowest BCUT2D eigenvalue weighted by Crippen LogP contribution is -2.38. The van der Waals surface area contributed by atoms with E-state index in [4.69, 9.17) is 5.73 Å². The third-order valence-corrected chi connectivity index (χ3v) is 6.67. The van der Waals surface area contributed by atoms with E-state index in [2.05, 4.69) is 0 Å². The first-order chi connectivity index (χ1) is 12.5. The fraction of sp³-hybridized carbons (Fsp3) is 0.600. The molecule has 1 unspecified atom stereocenters. The molecule has 1 heterocycles. The fourth-order valence-electron chi connectivity index (χ4n) is 4.50. The number of halogens is 1. The van der Waals surface area contributed by atoms with E-state index in [1.807, 2.05) is 11.0 Å². The van der Waals surface area contributed by atoms with Crippen molar-refractivity contribution in [1.82, 2.24) is 4.90 Å². The Morgan fingerprint density at radius 2 is 2.00 bits per heavy atom. The van der Waals surface area contributed by atoms with Gasteiger partial charge in [-0.05, 0) is 80.7 Å². The van der Waals surface area contributed by atoms with Crippen molar-refractivity contribution >= 4 is 16.2 Å². The first-order valence-electron chi connectivity index (χ1n) is 9.62. The van der Waals surface area contributed by atoms with Crippen molar-refractivity contribution in [3.63, 3.8) is 0 Å². The average Bonchev–Trinajstić information content (AvgIpc) is 3.36. The molecule has 0 spiro atoms. The number of fused-ring (bicyclic) bond motifs is 3. The van der Waals surface area contributed by atoms with Crippen LogP contribution in [0.25, 0.3) is 6.08 Å². The summed E-state index contributed by atoms with van der Waals surface area (Å²) >= 11 is 0. The molecule has 1 aromatic carbocycles. The zero-order chi connectivity index (χ0) is 19.6. The number of hydrogen-bond acceptors (Lipinski definition) is 4. The molecule has 4 rings (SSSR count). The predicted octanol–water partition coefficient (Wildman–Crippen LogP) is 3.58. The van der Waals surface area contributed by atoms with Crippen molar-refractivity contribution in [2.24, 2.45) is 11.7 Å². The molecule has 0 amide bonds. The van der Waals surface area contributed by atoms with Crippen LogP contribution in [-0.2, 0) is 23.1 Å². The molecular formula is C20H27FN2O3S. The van der Waals surface area contributed by atoms with Crippen molar-refractivity contribution < 1.29 is 17.4 Å². The van der Waals surface area contributed by atoms with Crippen LogP contribution >= 0.6 is 0 Å². The van der Waals surface area contributed by atoms with Gasteiger partial charge in [-0.25, -0.2) is 4.39 Å². The van der Waals surface area contributed by atoms with Gasteiger partial charge in [0.05, 0.1) is 6.54 Å². The molecule has 0 bridgehead atoms. The van der Waals surface area contributed by atoms with E-state index in [-0.39, 0.29) is 17.5 Å². The number of nitrogens with two attached hydrogens (primary N) is 1. The Morgan fingerprint density at radius 1 is 1.30 bits per heavy atom. The number of allylic oxidation sites excluding steroid dienone is 1. The summed E-state index contributed by atoms with van der Waals surface area (Å²) in [5.74, 6) is 0.341. The van der Waals surface area contributed by atoms with Gasteiger partial charge in [0.1, 0.15) is 10.6 Å². The molecule has 1 fully saturated rings. The number of hydrogen-bond donors (Lipinski definition) is 2. The van der Waals surface area contributed by atoms with E-state index in [1.165, 1.54) is 0 Å². The topological polar surface area (TPSA) is 83.6 Å². The number of benzene rings is 1. The maximum Gasteiger partial charge on any atom is 0.295 e. The van der Waals surface area contributed by atoms with Gasteiger partial charge in [-0.15, -0.1) is 0 Å². The maximum atomic E-state index is 14.5. The number of alkyl halides is 1. The summed E-state index contributed by atoms with van der Waals surface area (Å²) in [6.45, 7) is 3.84. The fourth-order valence-corrected chi connectivity index (χ4v) is 5.24. The summed E-state index contributed by atoms with van der Waals surface area (Å²) in [6, 6.07) is 1.32. The zero-order valence-corrected chi connectivity index (χ0v) is 16.7. The first-order valence-corrected chi connectivity index (χ1v) is 11.1. The molecule has 3 N–H and O–H groups in total. The zero-order valence-electron chi connectivity index (χ0n) is 15.8. The molecule has 3 aliphatic rings. The van der Waals surface area contributed by atoms with Gasteiger partial charge >= 0.3 is 0 Å². The number of nitrogens with zero attached hydrogens (tertiary/aromatic N) is 1. The van der Waals surface area contributed by atoms with E-state index in [0.29, 0.717) is 18.0 Å². The first kappa shape index (κ1) is 18.9. The van der Waals surface area contributed by atoms with Crippen LogP contribution in [0.5, 0.6) is 0 Å². The van der Waals surface area contributed by atoms with Crippen LogP contribution in [0, 0.1) is 5.92 Å². The minimum Gasteiger partial charge on any atom is -0.367 e. The smallest absolute Gasteiger partial charge is 0.295 e. The van der Waals surface area contributed by atoms with Crippen LogP contribution < -0.4 is 5.73 Å². The summed E-state index contributed by atoms with van der Waals surface area (Å²) in [7, 11) is -4.38. The largest absolute Gasteiger partial charge is 0.367 e. The van der Waals surface area contributed by atoms with Gasteiger partial charge in [0.2, 0.25) is 0 Å². The van der Waals surface area contributed by atoms with Crippen LogP contribution in [0.3, 0.4) is 0 Å². The highest BCUT2D eigenvalue weighted by molar-refractivity contribution is 7.86. The monoisotopic (exact) mass is 394 g/mol. The quantitative estimate of drug-likeness (QED) is 0.763. The molecular weight excluding hydrogens is 367 g/mol. The van der Waals surface area contributed by atoms with Crippen LogP contribution in [0.4, 0.5) is 4.39 Å². The highest BCUT2D eigenvalue weighted by atomic mass is 32.2.